The van der Waals surface area contributed by atoms with Gasteiger partial charge < -0.3 is 0 Å². The third-order valence-electron chi connectivity index (χ3n) is 1.28. The Hall–Kier alpha value is -0.370. The zero-order valence-electron chi connectivity index (χ0n) is 6.06. The normalized spacial score (nSPS) is 11.9. The first-order valence-corrected chi connectivity index (χ1v) is 3.99. The molecular weight excluding hydrogens is 130 g/mol. The highest BCUT2D eigenvalue weighted by Gasteiger charge is 2.20. The molecule has 0 aliphatic rings. The van der Waals surface area contributed by atoms with Gasteiger partial charge in [-0.1, -0.05) is 32.1 Å². The largest absolute Gasteiger partial charge is 0.223 e. The van der Waals surface area contributed by atoms with Crippen molar-refractivity contribution in [3.8, 4) is 0 Å². The highest BCUT2D eigenvalue weighted by molar-refractivity contribution is 7.07. The van der Waals surface area contributed by atoms with Crippen molar-refractivity contribution in [2.45, 2.75) is 26.2 Å². The predicted octanol–water partition coefficient (Wildman–Crippen LogP) is 1.86. The van der Waals surface area contributed by atoms with E-state index in [9.17, 15) is 0 Å². The average Bonchev–Trinajstić information content (AvgIpc) is 2.08. The standard InChI is InChI=1S/C7H11NS/c1-7(2,3)6-4-9-5-8-6/h4-5H,1-3H3/p+1. The van der Waals surface area contributed by atoms with E-state index in [1.807, 2.05) is 5.51 Å². The zero-order chi connectivity index (χ0) is 6.91. The molecule has 2 heteroatoms. The van der Waals surface area contributed by atoms with E-state index in [1.165, 1.54) is 5.69 Å². The lowest BCUT2D eigenvalue weighted by atomic mass is 9.93. The van der Waals surface area contributed by atoms with Crippen molar-refractivity contribution < 1.29 is 4.98 Å². The van der Waals surface area contributed by atoms with Crippen molar-refractivity contribution in [1.82, 2.24) is 0 Å². The Balaban J connectivity index is 2.90. The van der Waals surface area contributed by atoms with Crippen LogP contribution in [0.2, 0.25) is 0 Å². The Kier molecular flexibility index (Phi) is 1.58. The minimum Gasteiger partial charge on any atom is -0.205 e. The summed E-state index contributed by atoms with van der Waals surface area (Å²) in [4.78, 5) is 3.20. The molecule has 0 saturated carbocycles. The van der Waals surface area contributed by atoms with Crippen molar-refractivity contribution >= 4 is 11.3 Å². The van der Waals surface area contributed by atoms with Gasteiger partial charge in [0.2, 0.25) is 5.51 Å². The highest BCUT2D eigenvalue weighted by Crippen LogP contribution is 2.18. The van der Waals surface area contributed by atoms with Crippen LogP contribution in [0.1, 0.15) is 26.5 Å². The summed E-state index contributed by atoms with van der Waals surface area (Å²) < 4.78 is 0. The van der Waals surface area contributed by atoms with E-state index < -0.39 is 0 Å². The Labute approximate surface area is 59.8 Å². The minimum absolute atomic E-state index is 0.278. The number of hydrogen-bond donors (Lipinski definition) is 0. The second-order valence-electron chi connectivity index (χ2n) is 3.18. The number of H-pyrrole nitrogens is 1. The quantitative estimate of drug-likeness (QED) is 0.525. The molecule has 0 atom stereocenters. The van der Waals surface area contributed by atoms with Crippen molar-refractivity contribution in [3.05, 3.63) is 16.6 Å². The van der Waals surface area contributed by atoms with Crippen LogP contribution in [0.15, 0.2) is 10.9 Å². The van der Waals surface area contributed by atoms with Gasteiger partial charge in [0.25, 0.3) is 0 Å². The Bertz CT molecular complexity index is 171. The smallest absolute Gasteiger partial charge is 0.205 e. The van der Waals surface area contributed by atoms with E-state index in [-0.39, 0.29) is 5.41 Å². The molecule has 0 bridgehead atoms. The lowest BCUT2D eigenvalue weighted by Gasteiger charge is -2.08. The molecule has 0 fully saturated rings. The highest BCUT2D eigenvalue weighted by atomic mass is 32.1. The molecule has 1 N–H and O–H groups in total. The first-order valence-electron chi connectivity index (χ1n) is 3.05. The number of thiazole rings is 1. The van der Waals surface area contributed by atoms with Crippen molar-refractivity contribution in [1.29, 1.82) is 0 Å². The van der Waals surface area contributed by atoms with Crippen molar-refractivity contribution in [2.75, 3.05) is 0 Å². The van der Waals surface area contributed by atoms with Gasteiger partial charge in [-0.25, -0.2) is 4.98 Å². The van der Waals surface area contributed by atoms with Crippen LogP contribution >= 0.6 is 11.3 Å². The van der Waals surface area contributed by atoms with Crippen molar-refractivity contribution in [3.63, 3.8) is 0 Å². The van der Waals surface area contributed by atoms with Gasteiger partial charge in [0.05, 0.1) is 5.38 Å². The lowest BCUT2D eigenvalue weighted by Crippen LogP contribution is -2.20. The predicted molar refractivity (Wildman–Crippen MR) is 39.6 cm³/mol. The van der Waals surface area contributed by atoms with E-state index >= 15 is 0 Å². The summed E-state index contributed by atoms with van der Waals surface area (Å²) in [5.41, 5.74) is 3.59. The maximum Gasteiger partial charge on any atom is 0.223 e. The van der Waals surface area contributed by atoms with Gasteiger partial charge in [-0.2, -0.15) is 0 Å². The average molecular weight is 142 g/mol. The fourth-order valence-electron chi connectivity index (χ4n) is 0.627. The topological polar surface area (TPSA) is 14.1 Å². The SMILES string of the molecule is CC(C)(C)c1csc[nH+]1. The molecule has 1 rings (SSSR count). The van der Waals surface area contributed by atoms with Crippen LogP contribution in [-0.4, -0.2) is 0 Å². The van der Waals surface area contributed by atoms with Gasteiger partial charge in [-0.15, -0.1) is 0 Å². The number of nitrogens with one attached hydrogen (secondary N) is 1. The van der Waals surface area contributed by atoms with Crippen LogP contribution in [0.3, 0.4) is 0 Å². The van der Waals surface area contributed by atoms with E-state index in [1.54, 1.807) is 11.3 Å². The first kappa shape index (κ1) is 6.75. The molecule has 0 amide bonds. The van der Waals surface area contributed by atoms with Crippen LogP contribution in [0, 0.1) is 0 Å². The molecule has 9 heavy (non-hydrogen) atoms. The van der Waals surface area contributed by atoms with Gasteiger partial charge in [-0.05, 0) is 0 Å². The van der Waals surface area contributed by atoms with Crippen LogP contribution in [0.4, 0.5) is 0 Å². The Morgan fingerprint density at radius 1 is 1.44 bits per heavy atom. The van der Waals surface area contributed by atoms with Gasteiger partial charge in [0.15, 0.2) is 5.69 Å². The molecule has 0 spiro atoms. The lowest BCUT2D eigenvalue weighted by molar-refractivity contribution is -0.389. The molecule has 0 saturated heterocycles. The number of aromatic nitrogens is 1. The van der Waals surface area contributed by atoms with E-state index in [0.717, 1.165) is 0 Å². The van der Waals surface area contributed by atoms with Crippen LogP contribution in [0.5, 0.6) is 0 Å². The summed E-state index contributed by atoms with van der Waals surface area (Å²) in [6.07, 6.45) is 0. The summed E-state index contributed by atoms with van der Waals surface area (Å²) in [6, 6.07) is 0. The van der Waals surface area contributed by atoms with Gasteiger partial charge in [-0.3, -0.25) is 0 Å². The summed E-state index contributed by atoms with van der Waals surface area (Å²) in [7, 11) is 0. The maximum absolute atomic E-state index is 3.20. The number of aromatic amines is 1. The maximum atomic E-state index is 3.20. The number of hydrogen-bond acceptors (Lipinski definition) is 1. The summed E-state index contributed by atoms with van der Waals surface area (Å²) in [5.74, 6) is 0. The minimum atomic E-state index is 0.278. The third-order valence-corrected chi connectivity index (χ3v) is 1.90. The van der Waals surface area contributed by atoms with Crippen molar-refractivity contribution in [2.24, 2.45) is 0 Å². The van der Waals surface area contributed by atoms with E-state index in [2.05, 4.69) is 31.1 Å². The van der Waals surface area contributed by atoms with Gasteiger partial charge >= 0.3 is 0 Å². The molecule has 50 valence electrons. The first-order chi connectivity index (χ1) is 4.11. The van der Waals surface area contributed by atoms with Gasteiger partial charge in [0.1, 0.15) is 0 Å². The monoisotopic (exact) mass is 142 g/mol. The second-order valence-corrected chi connectivity index (χ2v) is 3.92. The summed E-state index contributed by atoms with van der Waals surface area (Å²) >= 11 is 1.71. The van der Waals surface area contributed by atoms with Crippen LogP contribution in [0.25, 0.3) is 0 Å². The molecule has 1 aromatic heterocycles. The van der Waals surface area contributed by atoms with E-state index in [4.69, 9.17) is 0 Å². The summed E-state index contributed by atoms with van der Waals surface area (Å²) in [6.45, 7) is 6.60. The third kappa shape index (κ3) is 1.52. The molecule has 1 nitrogen and oxygen atoms in total. The summed E-state index contributed by atoms with van der Waals surface area (Å²) in [5, 5.41) is 2.15. The molecule has 0 unspecified atom stereocenters. The zero-order valence-corrected chi connectivity index (χ0v) is 6.88. The second kappa shape index (κ2) is 2.10. The Morgan fingerprint density at radius 3 is 2.33 bits per heavy atom. The van der Waals surface area contributed by atoms with Crippen LogP contribution < -0.4 is 4.98 Å². The molecule has 1 aromatic rings. The molecule has 0 aromatic carbocycles. The molecule has 0 radical (unpaired) electrons. The fourth-order valence-corrected chi connectivity index (χ4v) is 1.45. The fraction of sp³-hybridized carbons (Fsp3) is 0.571. The number of rotatable bonds is 0. The van der Waals surface area contributed by atoms with Crippen LogP contribution in [-0.2, 0) is 5.41 Å². The molecule has 1 heterocycles. The molecule has 0 aliphatic heterocycles. The Morgan fingerprint density at radius 2 is 2.11 bits per heavy atom. The molecule has 0 aliphatic carbocycles. The van der Waals surface area contributed by atoms with E-state index in [0.29, 0.717) is 0 Å². The van der Waals surface area contributed by atoms with Gasteiger partial charge in [0, 0.05) is 5.41 Å². The molecular formula is C7H12NS+.